The van der Waals surface area contributed by atoms with E-state index in [4.69, 9.17) is 0 Å². The highest BCUT2D eigenvalue weighted by Crippen LogP contribution is 2.21. The van der Waals surface area contributed by atoms with Crippen LogP contribution in [0.15, 0.2) is 30.5 Å². The van der Waals surface area contributed by atoms with Gasteiger partial charge in [0.25, 0.3) is 0 Å². The number of nitrogens with one attached hydrogen (secondary N) is 1. The predicted molar refractivity (Wildman–Crippen MR) is 79.3 cm³/mol. The molecule has 0 unspecified atom stereocenters. The van der Waals surface area contributed by atoms with E-state index >= 15 is 0 Å². The van der Waals surface area contributed by atoms with E-state index in [-0.39, 0.29) is 24.1 Å². The third-order valence-electron chi connectivity index (χ3n) is 4.05. The normalized spacial score (nSPS) is 15.4. The summed E-state index contributed by atoms with van der Waals surface area (Å²) in [7, 11) is 0. The third-order valence-corrected chi connectivity index (χ3v) is 4.05. The van der Waals surface area contributed by atoms with Gasteiger partial charge in [-0.2, -0.15) is 0 Å². The van der Waals surface area contributed by atoms with E-state index in [1.54, 1.807) is 22.9 Å². The second-order valence-corrected chi connectivity index (χ2v) is 5.54. The minimum atomic E-state index is -0.975. The topological polar surface area (TPSA) is 71.3 Å². The number of hydrogen-bond donors (Lipinski definition) is 2. The van der Waals surface area contributed by atoms with Crippen LogP contribution in [0.25, 0.3) is 10.9 Å². The Morgan fingerprint density at radius 2 is 2.00 bits per heavy atom. The summed E-state index contributed by atoms with van der Waals surface area (Å²) in [5, 5.41) is 13.1. The summed E-state index contributed by atoms with van der Waals surface area (Å²) >= 11 is 0. The minimum absolute atomic E-state index is 0.0559. The molecule has 2 aromatic rings. The summed E-state index contributed by atoms with van der Waals surface area (Å²) in [6.45, 7) is 0.157. The van der Waals surface area contributed by atoms with Crippen LogP contribution in [-0.2, 0) is 11.3 Å². The van der Waals surface area contributed by atoms with Gasteiger partial charge in [0.15, 0.2) is 0 Å². The molecule has 110 valence electrons. The smallest absolute Gasteiger partial charge is 0.337 e. The first-order valence-electron chi connectivity index (χ1n) is 7.25. The molecule has 1 aromatic heterocycles. The first kappa shape index (κ1) is 13.7. The minimum Gasteiger partial charge on any atom is -0.478 e. The van der Waals surface area contributed by atoms with Crippen molar-refractivity contribution in [2.24, 2.45) is 0 Å². The molecular formula is C16H18N2O3. The Labute approximate surface area is 122 Å². The molecule has 1 heterocycles. The third kappa shape index (κ3) is 2.77. The molecule has 1 aliphatic carbocycles. The Balaban J connectivity index is 1.83. The first-order chi connectivity index (χ1) is 10.1. The molecule has 0 atom stereocenters. The molecule has 0 bridgehead atoms. The van der Waals surface area contributed by atoms with E-state index in [1.165, 1.54) is 12.8 Å². The van der Waals surface area contributed by atoms with Crippen molar-refractivity contribution >= 4 is 22.8 Å². The van der Waals surface area contributed by atoms with Crippen LogP contribution in [0.5, 0.6) is 0 Å². The van der Waals surface area contributed by atoms with Gasteiger partial charge in [0.2, 0.25) is 5.91 Å². The highest BCUT2D eigenvalue weighted by molar-refractivity contribution is 6.02. The van der Waals surface area contributed by atoms with Gasteiger partial charge < -0.3 is 15.0 Å². The maximum atomic E-state index is 12.1. The van der Waals surface area contributed by atoms with Crippen LogP contribution in [-0.4, -0.2) is 27.6 Å². The van der Waals surface area contributed by atoms with Crippen LogP contribution >= 0.6 is 0 Å². The van der Waals surface area contributed by atoms with E-state index in [9.17, 15) is 14.7 Å². The van der Waals surface area contributed by atoms with E-state index in [1.807, 2.05) is 12.1 Å². The lowest BCUT2D eigenvalue weighted by molar-refractivity contribution is -0.122. The zero-order valence-electron chi connectivity index (χ0n) is 11.7. The molecule has 1 fully saturated rings. The fraction of sp³-hybridized carbons (Fsp3) is 0.375. The molecule has 1 saturated carbocycles. The van der Waals surface area contributed by atoms with Gasteiger partial charge in [-0.1, -0.05) is 25.0 Å². The molecular weight excluding hydrogens is 268 g/mol. The molecule has 3 rings (SSSR count). The van der Waals surface area contributed by atoms with Crippen LogP contribution in [0.4, 0.5) is 0 Å². The van der Waals surface area contributed by atoms with Crippen LogP contribution in [0.3, 0.4) is 0 Å². The second-order valence-electron chi connectivity index (χ2n) is 5.54. The highest BCUT2D eigenvalue weighted by atomic mass is 16.4. The van der Waals surface area contributed by atoms with E-state index < -0.39 is 5.97 Å². The van der Waals surface area contributed by atoms with Gasteiger partial charge >= 0.3 is 5.97 Å². The van der Waals surface area contributed by atoms with Crippen molar-refractivity contribution < 1.29 is 14.7 Å². The fourth-order valence-electron chi connectivity index (χ4n) is 3.06. The summed E-state index contributed by atoms with van der Waals surface area (Å²) in [5.41, 5.74) is 0.831. The Morgan fingerprint density at radius 3 is 2.71 bits per heavy atom. The van der Waals surface area contributed by atoms with Crippen LogP contribution < -0.4 is 5.32 Å². The largest absolute Gasteiger partial charge is 0.478 e. The number of fused-ring (bicyclic) bond motifs is 1. The van der Waals surface area contributed by atoms with Crippen LogP contribution in [0, 0.1) is 0 Å². The highest BCUT2D eigenvalue weighted by Gasteiger charge is 2.18. The number of carboxylic acids is 1. The van der Waals surface area contributed by atoms with Crippen molar-refractivity contribution in [1.82, 2.24) is 9.88 Å². The zero-order valence-corrected chi connectivity index (χ0v) is 11.7. The summed E-state index contributed by atoms with van der Waals surface area (Å²) in [6, 6.07) is 7.25. The Hall–Kier alpha value is -2.30. The van der Waals surface area contributed by atoms with Crippen LogP contribution in [0.2, 0.25) is 0 Å². The lowest BCUT2D eigenvalue weighted by Gasteiger charge is -2.13. The molecule has 5 nitrogen and oxygen atoms in total. The molecule has 0 aliphatic heterocycles. The molecule has 2 N–H and O–H groups in total. The SMILES string of the molecule is O=C(Cn1ccc2cccc(C(=O)O)c21)NC1CCCC1. The number of carbonyl (C=O) groups is 2. The Bertz CT molecular complexity index is 684. The molecule has 0 radical (unpaired) electrons. The van der Waals surface area contributed by atoms with Crippen molar-refractivity contribution in [3.8, 4) is 0 Å². The quantitative estimate of drug-likeness (QED) is 0.906. The van der Waals surface area contributed by atoms with E-state index in [0.29, 0.717) is 5.52 Å². The molecule has 5 heteroatoms. The summed E-state index contributed by atoms with van der Waals surface area (Å²) in [6.07, 6.45) is 6.18. The number of carbonyl (C=O) groups excluding carboxylic acids is 1. The standard InChI is InChI=1S/C16H18N2O3/c19-14(17-12-5-1-2-6-12)10-18-9-8-11-4-3-7-13(15(11)18)16(20)21/h3-4,7-9,12H,1-2,5-6,10H2,(H,17,19)(H,20,21). The van der Waals surface area contributed by atoms with E-state index in [0.717, 1.165) is 18.2 Å². The molecule has 1 aromatic carbocycles. The molecule has 1 aliphatic rings. The molecule has 0 spiro atoms. The van der Waals surface area contributed by atoms with E-state index in [2.05, 4.69) is 5.32 Å². The first-order valence-corrected chi connectivity index (χ1v) is 7.25. The van der Waals surface area contributed by atoms with Crippen molar-refractivity contribution in [3.63, 3.8) is 0 Å². The number of aromatic nitrogens is 1. The summed E-state index contributed by atoms with van der Waals surface area (Å²) < 4.78 is 1.71. The number of aromatic carboxylic acids is 1. The number of nitrogens with zero attached hydrogens (tertiary/aromatic N) is 1. The maximum absolute atomic E-state index is 12.1. The van der Waals surface area contributed by atoms with Crippen molar-refractivity contribution in [3.05, 3.63) is 36.0 Å². The van der Waals surface area contributed by atoms with Gasteiger partial charge in [0.1, 0.15) is 6.54 Å². The number of para-hydroxylation sites is 1. The Kier molecular flexibility index (Phi) is 3.64. The fourth-order valence-corrected chi connectivity index (χ4v) is 3.06. The van der Waals surface area contributed by atoms with Gasteiger partial charge in [-0.15, -0.1) is 0 Å². The predicted octanol–water partition coefficient (Wildman–Crippen LogP) is 2.40. The van der Waals surface area contributed by atoms with Gasteiger partial charge in [-0.25, -0.2) is 4.79 Å². The lowest BCUT2D eigenvalue weighted by Crippen LogP contribution is -2.35. The number of carboxylic acid groups (broad SMARTS) is 1. The molecule has 0 saturated heterocycles. The average molecular weight is 286 g/mol. The van der Waals surface area contributed by atoms with Gasteiger partial charge in [0, 0.05) is 17.6 Å². The van der Waals surface area contributed by atoms with Gasteiger partial charge in [-0.05, 0) is 25.0 Å². The zero-order chi connectivity index (χ0) is 14.8. The molecule has 1 amide bonds. The van der Waals surface area contributed by atoms with Gasteiger partial charge in [0.05, 0.1) is 11.1 Å². The number of rotatable bonds is 4. The lowest BCUT2D eigenvalue weighted by atomic mass is 10.1. The Morgan fingerprint density at radius 1 is 1.24 bits per heavy atom. The number of benzene rings is 1. The van der Waals surface area contributed by atoms with Gasteiger partial charge in [-0.3, -0.25) is 4.79 Å². The maximum Gasteiger partial charge on any atom is 0.337 e. The number of hydrogen-bond acceptors (Lipinski definition) is 2. The summed E-state index contributed by atoms with van der Waals surface area (Å²) in [5.74, 6) is -1.03. The molecule has 21 heavy (non-hydrogen) atoms. The summed E-state index contributed by atoms with van der Waals surface area (Å²) in [4.78, 5) is 23.4. The second kappa shape index (κ2) is 5.60. The number of amides is 1. The van der Waals surface area contributed by atoms with Crippen molar-refractivity contribution in [1.29, 1.82) is 0 Å². The average Bonchev–Trinajstić information content (AvgIpc) is 3.08. The monoisotopic (exact) mass is 286 g/mol. The van der Waals surface area contributed by atoms with Crippen molar-refractivity contribution in [2.75, 3.05) is 0 Å². The van der Waals surface area contributed by atoms with Crippen molar-refractivity contribution in [2.45, 2.75) is 38.3 Å². The van der Waals surface area contributed by atoms with Crippen LogP contribution in [0.1, 0.15) is 36.0 Å².